The Bertz CT molecular complexity index is 529. The van der Waals surface area contributed by atoms with Crippen molar-refractivity contribution in [1.29, 1.82) is 0 Å². The molecule has 0 aromatic carbocycles. The Balaban J connectivity index is 1.84. The zero-order chi connectivity index (χ0) is 16.1. The predicted octanol–water partition coefficient (Wildman–Crippen LogP) is 1.39. The number of anilines is 1. The van der Waals surface area contributed by atoms with Crippen LogP contribution in [0.25, 0.3) is 0 Å². The summed E-state index contributed by atoms with van der Waals surface area (Å²) in [6.45, 7) is 7.68. The van der Waals surface area contributed by atoms with Gasteiger partial charge in [-0.3, -0.25) is 9.59 Å². The molecule has 3 N–H and O–H groups in total. The van der Waals surface area contributed by atoms with Gasteiger partial charge < -0.3 is 16.0 Å². The summed E-state index contributed by atoms with van der Waals surface area (Å²) in [6, 6.07) is 0.229. The molecule has 2 heterocycles. The molecule has 1 aliphatic heterocycles. The summed E-state index contributed by atoms with van der Waals surface area (Å²) in [5.41, 5.74) is 0.697. The van der Waals surface area contributed by atoms with Crippen molar-refractivity contribution >= 4 is 28.3 Å². The monoisotopic (exact) mass is 324 g/mol. The molecule has 122 valence electrons. The van der Waals surface area contributed by atoms with Gasteiger partial charge in [0.2, 0.25) is 11.8 Å². The van der Waals surface area contributed by atoms with Crippen LogP contribution in [0, 0.1) is 11.8 Å². The average molecular weight is 324 g/mol. The van der Waals surface area contributed by atoms with E-state index in [4.69, 9.17) is 0 Å². The molecule has 0 saturated carbocycles. The number of hydrogen-bond acceptors (Lipinski definition) is 5. The summed E-state index contributed by atoms with van der Waals surface area (Å²) in [6.07, 6.45) is 1.21. The van der Waals surface area contributed by atoms with Gasteiger partial charge in [0.15, 0.2) is 5.13 Å². The molecule has 2 atom stereocenters. The Labute approximate surface area is 135 Å². The van der Waals surface area contributed by atoms with Crippen molar-refractivity contribution in [2.45, 2.75) is 39.7 Å². The van der Waals surface area contributed by atoms with Gasteiger partial charge >= 0.3 is 0 Å². The predicted molar refractivity (Wildman–Crippen MR) is 87.9 cm³/mol. The van der Waals surface area contributed by atoms with Gasteiger partial charge in [0, 0.05) is 17.3 Å². The topological polar surface area (TPSA) is 83.1 Å². The third-order valence-electron chi connectivity index (χ3n) is 3.78. The second-order valence-corrected chi connectivity index (χ2v) is 6.97. The maximum absolute atomic E-state index is 12.1. The van der Waals surface area contributed by atoms with Crippen LogP contribution in [-0.4, -0.2) is 35.9 Å². The Morgan fingerprint density at radius 1 is 1.50 bits per heavy atom. The van der Waals surface area contributed by atoms with Crippen LogP contribution in [0.3, 0.4) is 0 Å². The molecule has 1 saturated heterocycles. The Kier molecular flexibility index (Phi) is 5.90. The van der Waals surface area contributed by atoms with Crippen molar-refractivity contribution < 1.29 is 9.59 Å². The van der Waals surface area contributed by atoms with Crippen molar-refractivity contribution in [3.8, 4) is 0 Å². The van der Waals surface area contributed by atoms with Gasteiger partial charge in [0.05, 0.1) is 12.1 Å². The first-order valence-corrected chi connectivity index (χ1v) is 8.59. The summed E-state index contributed by atoms with van der Waals surface area (Å²) in [7, 11) is 0. The molecule has 0 radical (unpaired) electrons. The lowest BCUT2D eigenvalue weighted by Crippen LogP contribution is -2.48. The summed E-state index contributed by atoms with van der Waals surface area (Å²) in [5, 5.41) is 11.5. The molecule has 2 amide bonds. The number of amides is 2. The molecular formula is C15H24N4O2S. The SMILES string of the molecule is CC(C)C(=O)Nc1nc(CC(=O)NC2CCNCC2C)cs1. The molecule has 1 fully saturated rings. The maximum atomic E-state index is 12.1. The van der Waals surface area contributed by atoms with Gasteiger partial charge in [0.1, 0.15) is 0 Å². The van der Waals surface area contributed by atoms with E-state index in [1.165, 1.54) is 11.3 Å². The maximum Gasteiger partial charge on any atom is 0.228 e. The summed E-state index contributed by atoms with van der Waals surface area (Å²) >= 11 is 1.35. The molecule has 0 bridgehead atoms. The third kappa shape index (κ3) is 4.78. The van der Waals surface area contributed by atoms with Crippen LogP contribution in [-0.2, 0) is 16.0 Å². The smallest absolute Gasteiger partial charge is 0.228 e. The van der Waals surface area contributed by atoms with Crippen molar-refractivity contribution in [3.63, 3.8) is 0 Å². The van der Waals surface area contributed by atoms with Crippen LogP contribution >= 0.6 is 11.3 Å². The fraction of sp³-hybridized carbons (Fsp3) is 0.667. The number of nitrogens with zero attached hydrogens (tertiary/aromatic N) is 1. The highest BCUT2D eigenvalue weighted by atomic mass is 32.1. The minimum Gasteiger partial charge on any atom is -0.353 e. The molecule has 22 heavy (non-hydrogen) atoms. The first-order chi connectivity index (χ1) is 10.5. The summed E-state index contributed by atoms with van der Waals surface area (Å²) in [4.78, 5) is 28.0. The zero-order valence-corrected chi connectivity index (χ0v) is 14.1. The lowest BCUT2D eigenvalue weighted by atomic mass is 9.95. The van der Waals surface area contributed by atoms with Crippen LogP contribution < -0.4 is 16.0 Å². The molecule has 2 rings (SSSR count). The zero-order valence-electron chi connectivity index (χ0n) is 13.3. The van der Waals surface area contributed by atoms with Crippen molar-refractivity contribution in [3.05, 3.63) is 11.1 Å². The van der Waals surface area contributed by atoms with Crippen LogP contribution in [0.4, 0.5) is 5.13 Å². The number of thiazole rings is 1. The van der Waals surface area contributed by atoms with Gasteiger partial charge in [-0.2, -0.15) is 0 Å². The van der Waals surface area contributed by atoms with Gasteiger partial charge in [-0.15, -0.1) is 11.3 Å². The Morgan fingerprint density at radius 2 is 2.27 bits per heavy atom. The average Bonchev–Trinajstić information content (AvgIpc) is 2.88. The minimum absolute atomic E-state index is 0.00853. The van der Waals surface area contributed by atoms with Gasteiger partial charge in [0.25, 0.3) is 0 Å². The van der Waals surface area contributed by atoms with Gasteiger partial charge in [-0.05, 0) is 25.4 Å². The second kappa shape index (κ2) is 7.69. The lowest BCUT2D eigenvalue weighted by molar-refractivity contribution is -0.121. The molecule has 1 aromatic heterocycles. The largest absolute Gasteiger partial charge is 0.353 e. The highest BCUT2D eigenvalue weighted by Gasteiger charge is 2.22. The molecule has 1 aromatic rings. The van der Waals surface area contributed by atoms with Crippen molar-refractivity contribution in [1.82, 2.24) is 15.6 Å². The fourth-order valence-electron chi connectivity index (χ4n) is 2.35. The number of rotatable bonds is 5. The molecule has 0 aliphatic carbocycles. The van der Waals surface area contributed by atoms with Crippen LogP contribution in [0.15, 0.2) is 5.38 Å². The van der Waals surface area contributed by atoms with Crippen LogP contribution in [0.1, 0.15) is 32.9 Å². The Morgan fingerprint density at radius 3 is 2.95 bits per heavy atom. The van der Waals surface area contributed by atoms with Crippen LogP contribution in [0.5, 0.6) is 0 Å². The third-order valence-corrected chi connectivity index (χ3v) is 4.59. The molecular weight excluding hydrogens is 300 g/mol. The highest BCUT2D eigenvalue weighted by molar-refractivity contribution is 7.13. The molecule has 2 unspecified atom stereocenters. The normalized spacial score (nSPS) is 21.6. The number of hydrogen-bond donors (Lipinski definition) is 3. The van der Waals surface area contributed by atoms with Crippen molar-refractivity contribution in [2.24, 2.45) is 11.8 Å². The van der Waals surface area contributed by atoms with E-state index in [1.807, 2.05) is 19.2 Å². The first-order valence-electron chi connectivity index (χ1n) is 7.71. The quantitative estimate of drug-likeness (QED) is 0.764. The van der Waals surface area contributed by atoms with E-state index >= 15 is 0 Å². The number of aromatic nitrogens is 1. The van der Waals surface area contributed by atoms with E-state index in [0.29, 0.717) is 16.7 Å². The van der Waals surface area contributed by atoms with E-state index in [1.54, 1.807) is 0 Å². The van der Waals surface area contributed by atoms with E-state index in [2.05, 4.69) is 27.9 Å². The second-order valence-electron chi connectivity index (χ2n) is 6.11. The summed E-state index contributed by atoms with van der Waals surface area (Å²) < 4.78 is 0. The standard InChI is InChI=1S/C15H24N4O2S/c1-9(2)14(21)19-15-17-11(8-22-15)6-13(20)18-12-4-5-16-7-10(12)3/h8-10,12,16H,4-7H2,1-3H3,(H,18,20)(H,17,19,21). The molecule has 1 aliphatic rings. The molecule has 7 heteroatoms. The van der Waals surface area contributed by atoms with Crippen LogP contribution in [0.2, 0.25) is 0 Å². The van der Waals surface area contributed by atoms with Gasteiger partial charge in [-0.1, -0.05) is 20.8 Å². The van der Waals surface area contributed by atoms with Crippen molar-refractivity contribution in [2.75, 3.05) is 18.4 Å². The van der Waals surface area contributed by atoms with E-state index in [-0.39, 0.29) is 30.2 Å². The highest BCUT2D eigenvalue weighted by Crippen LogP contribution is 2.17. The Hall–Kier alpha value is -1.47. The minimum atomic E-state index is -0.0861. The van der Waals surface area contributed by atoms with E-state index in [9.17, 15) is 9.59 Å². The number of piperidine rings is 1. The lowest BCUT2D eigenvalue weighted by Gasteiger charge is -2.30. The number of nitrogens with one attached hydrogen (secondary N) is 3. The summed E-state index contributed by atoms with van der Waals surface area (Å²) in [5.74, 6) is 0.283. The fourth-order valence-corrected chi connectivity index (χ4v) is 3.06. The molecule has 0 spiro atoms. The first kappa shape index (κ1) is 16.9. The van der Waals surface area contributed by atoms with E-state index in [0.717, 1.165) is 19.5 Å². The van der Waals surface area contributed by atoms with Gasteiger partial charge in [-0.25, -0.2) is 4.98 Å². The molecule has 6 nitrogen and oxygen atoms in total. The van der Waals surface area contributed by atoms with E-state index < -0.39 is 0 Å². The number of carbonyl (C=O) groups is 2. The number of carbonyl (C=O) groups excluding carboxylic acids is 2.